The van der Waals surface area contributed by atoms with Crippen molar-refractivity contribution in [2.75, 3.05) is 13.2 Å². The molecule has 2 aliphatic rings. The largest absolute Gasteiger partial charge is 0.493 e. The number of esters is 1. The minimum absolute atomic E-state index is 0.291. The van der Waals surface area contributed by atoms with Gasteiger partial charge >= 0.3 is 5.97 Å². The van der Waals surface area contributed by atoms with Crippen LogP contribution in [0.1, 0.15) is 44.7 Å². The molecular weight excluding hydrogens is 292 g/mol. The van der Waals surface area contributed by atoms with Gasteiger partial charge in [-0.2, -0.15) is 0 Å². The van der Waals surface area contributed by atoms with Crippen LogP contribution in [0.25, 0.3) is 5.57 Å². The number of carbonyl (C=O) groups is 1. The average molecular weight is 316 g/mol. The third-order valence-corrected chi connectivity index (χ3v) is 3.90. The Bertz CT molecular complexity index is 621. The summed E-state index contributed by atoms with van der Waals surface area (Å²) in [6.07, 6.45) is 4.69. The fourth-order valence-electron chi connectivity index (χ4n) is 2.83. The first kappa shape index (κ1) is 16.1. The number of fused-ring (bicyclic) bond motifs is 1. The molecule has 23 heavy (non-hydrogen) atoms. The predicted molar refractivity (Wildman–Crippen MR) is 88.4 cm³/mol. The van der Waals surface area contributed by atoms with Gasteiger partial charge in [-0.25, -0.2) is 4.79 Å². The number of benzene rings is 1. The Labute approximate surface area is 137 Å². The van der Waals surface area contributed by atoms with E-state index in [0.717, 1.165) is 42.8 Å². The van der Waals surface area contributed by atoms with E-state index in [1.165, 1.54) is 5.56 Å². The van der Waals surface area contributed by atoms with Gasteiger partial charge < -0.3 is 14.2 Å². The van der Waals surface area contributed by atoms with Crippen molar-refractivity contribution in [2.45, 2.75) is 51.7 Å². The van der Waals surface area contributed by atoms with Crippen LogP contribution in [0, 0.1) is 0 Å². The summed E-state index contributed by atoms with van der Waals surface area (Å²) in [5.41, 5.74) is 2.80. The highest BCUT2D eigenvalue weighted by Crippen LogP contribution is 2.36. The molecule has 124 valence electrons. The van der Waals surface area contributed by atoms with Crippen LogP contribution in [0.4, 0.5) is 0 Å². The SMILES string of the molecule is CC(C)(C)OC(=O)/C=C1\CCOc2cccc(CCC3CO3)c21. The Morgan fingerprint density at radius 3 is 2.87 bits per heavy atom. The molecule has 3 rings (SSSR count). The lowest BCUT2D eigenvalue weighted by molar-refractivity contribution is -0.148. The molecule has 0 aromatic heterocycles. The van der Waals surface area contributed by atoms with Gasteiger partial charge in [0.15, 0.2) is 0 Å². The molecule has 4 nitrogen and oxygen atoms in total. The van der Waals surface area contributed by atoms with E-state index < -0.39 is 5.60 Å². The standard InChI is InChI=1S/C19H24O4/c1-19(2,3)23-17(20)11-14-9-10-21-16-6-4-5-13(18(14)16)7-8-15-12-22-15/h4-6,11,15H,7-10,12H2,1-3H3/b14-11+. The van der Waals surface area contributed by atoms with E-state index in [2.05, 4.69) is 6.07 Å². The van der Waals surface area contributed by atoms with Gasteiger partial charge in [-0.3, -0.25) is 0 Å². The van der Waals surface area contributed by atoms with Crippen LogP contribution in [0.5, 0.6) is 5.75 Å². The zero-order valence-corrected chi connectivity index (χ0v) is 14.1. The van der Waals surface area contributed by atoms with Gasteiger partial charge in [-0.05, 0) is 50.8 Å². The molecule has 4 heteroatoms. The molecule has 1 atom stereocenters. The van der Waals surface area contributed by atoms with Gasteiger partial charge in [0.1, 0.15) is 11.4 Å². The van der Waals surface area contributed by atoms with Crippen LogP contribution >= 0.6 is 0 Å². The Kier molecular flexibility index (Phi) is 4.44. The molecule has 0 aliphatic carbocycles. The summed E-state index contributed by atoms with van der Waals surface area (Å²) in [6.45, 7) is 7.09. The molecule has 2 heterocycles. The third-order valence-electron chi connectivity index (χ3n) is 3.90. The minimum atomic E-state index is -0.481. The lowest BCUT2D eigenvalue weighted by atomic mass is 9.91. The number of hydrogen-bond acceptors (Lipinski definition) is 4. The van der Waals surface area contributed by atoms with Crippen molar-refractivity contribution in [2.24, 2.45) is 0 Å². The highest BCUT2D eigenvalue weighted by atomic mass is 16.6. The van der Waals surface area contributed by atoms with E-state index in [9.17, 15) is 4.79 Å². The lowest BCUT2D eigenvalue weighted by Gasteiger charge is -2.24. The van der Waals surface area contributed by atoms with Crippen LogP contribution < -0.4 is 4.74 Å². The molecule has 1 unspecified atom stereocenters. The average Bonchev–Trinajstić information content (AvgIpc) is 3.27. The van der Waals surface area contributed by atoms with Crippen molar-refractivity contribution in [1.29, 1.82) is 0 Å². The molecule has 2 aliphatic heterocycles. The highest BCUT2D eigenvalue weighted by Gasteiger charge is 2.25. The summed E-state index contributed by atoms with van der Waals surface area (Å²) in [7, 11) is 0. The van der Waals surface area contributed by atoms with Gasteiger partial charge in [-0.15, -0.1) is 0 Å². The zero-order chi connectivity index (χ0) is 16.4. The monoisotopic (exact) mass is 316 g/mol. The van der Waals surface area contributed by atoms with Crippen LogP contribution in [-0.2, 0) is 20.7 Å². The maximum Gasteiger partial charge on any atom is 0.331 e. The quantitative estimate of drug-likeness (QED) is 0.484. The second-order valence-corrected chi connectivity index (χ2v) is 7.09. The summed E-state index contributed by atoms with van der Waals surface area (Å²) in [4.78, 5) is 12.2. The zero-order valence-electron chi connectivity index (χ0n) is 14.1. The topological polar surface area (TPSA) is 48.1 Å². The summed E-state index contributed by atoms with van der Waals surface area (Å²) in [6, 6.07) is 6.09. The van der Waals surface area contributed by atoms with Gasteiger partial charge in [-0.1, -0.05) is 12.1 Å². The first-order valence-electron chi connectivity index (χ1n) is 8.22. The van der Waals surface area contributed by atoms with Crippen molar-refractivity contribution < 1.29 is 19.0 Å². The van der Waals surface area contributed by atoms with Gasteiger partial charge in [0.25, 0.3) is 0 Å². The van der Waals surface area contributed by atoms with E-state index in [-0.39, 0.29) is 5.97 Å². The van der Waals surface area contributed by atoms with Crippen LogP contribution in [0.3, 0.4) is 0 Å². The number of aryl methyl sites for hydroxylation is 1. The van der Waals surface area contributed by atoms with E-state index in [4.69, 9.17) is 14.2 Å². The summed E-state index contributed by atoms with van der Waals surface area (Å²) >= 11 is 0. The smallest absolute Gasteiger partial charge is 0.331 e. The van der Waals surface area contributed by atoms with Crippen LogP contribution in [0.15, 0.2) is 24.3 Å². The minimum Gasteiger partial charge on any atom is -0.493 e. The Morgan fingerprint density at radius 1 is 1.39 bits per heavy atom. The summed E-state index contributed by atoms with van der Waals surface area (Å²) < 4.78 is 16.5. The van der Waals surface area contributed by atoms with E-state index in [1.54, 1.807) is 6.08 Å². The molecule has 0 saturated carbocycles. The van der Waals surface area contributed by atoms with E-state index in [1.807, 2.05) is 32.9 Å². The van der Waals surface area contributed by atoms with E-state index >= 15 is 0 Å². The molecule has 1 saturated heterocycles. The molecule has 0 spiro atoms. The van der Waals surface area contributed by atoms with Crippen LogP contribution in [-0.4, -0.2) is 30.9 Å². The summed E-state index contributed by atoms with van der Waals surface area (Å²) in [5.74, 6) is 0.570. The van der Waals surface area contributed by atoms with Crippen molar-refractivity contribution in [3.63, 3.8) is 0 Å². The fraction of sp³-hybridized carbons (Fsp3) is 0.526. The maximum absolute atomic E-state index is 12.2. The summed E-state index contributed by atoms with van der Waals surface area (Å²) in [5, 5.41) is 0. The fourth-order valence-corrected chi connectivity index (χ4v) is 2.83. The Morgan fingerprint density at radius 2 is 2.17 bits per heavy atom. The molecule has 0 radical (unpaired) electrons. The maximum atomic E-state index is 12.2. The molecule has 0 amide bonds. The first-order valence-corrected chi connectivity index (χ1v) is 8.22. The lowest BCUT2D eigenvalue weighted by Crippen LogP contribution is -2.23. The van der Waals surface area contributed by atoms with Gasteiger partial charge in [0.2, 0.25) is 0 Å². The number of carbonyl (C=O) groups excluding carboxylic acids is 1. The second-order valence-electron chi connectivity index (χ2n) is 7.09. The second kappa shape index (κ2) is 6.36. The highest BCUT2D eigenvalue weighted by molar-refractivity contribution is 5.93. The molecule has 1 aromatic carbocycles. The van der Waals surface area contributed by atoms with E-state index in [0.29, 0.717) is 12.7 Å². The third kappa shape index (κ3) is 4.35. The molecule has 0 bridgehead atoms. The number of ether oxygens (including phenoxy) is 3. The Hall–Kier alpha value is -1.81. The van der Waals surface area contributed by atoms with Gasteiger partial charge in [0, 0.05) is 18.1 Å². The molecule has 1 aromatic rings. The first-order chi connectivity index (χ1) is 10.9. The van der Waals surface area contributed by atoms with Gasteiger partial charge in [0.05, 0.1) is 19.3 Å². The number of hydrogen-bond donors (Lipinski definition) is 0. The molecule has 1 fully saturated rings. The normalized spacial score (nSPS) is 21.5. The van der Waals surface area contributed by atoms with Crippen LogP contribution in [0.2, 0.25) is 0 Å². The van der Waals surface area contributed by atoms with Crippen molar-refractivity contribution in [1.82, 2.24) is 0 Å². The molecular formula is C19H24O4. The number of epoxide rings is 1. The predicted octanol–water partition coefficient (Wildman–Crippen LogP) is 3.53. The van der Waals surface area contributed by atoms with Crippen molar-refractivity contribution >= 4 is 11.5 Å². The van der Waals surface area contributed by atoms with Crippen molar-refractivity contribution in [3.05, 3.63) is 35.4 Å². The number of rotatable bonds is 4. The molecule has 0 N–H and O–H groups in total. The van der Waals surface area contributed by atoms with Crippen molar-refractivity contribution in [3.8, 4) is 5.75 Å². The Balaban J connectivity index is 1.85.